The molecule has 3 aliphatic rings. The molecule has 1 atom stereocenters. The van der Waals surface area contributed by atoms with E-state index in [-0.39, 0.29) is 23.9 Å². The molecule has 4 rings (SSSR count). The number of amides is 4. The molecule has 2 aliphatic heterocycles. The molecule has 1 aliphatic carbocycles. The van der Waals surface area contributed by atoms with Gasteiger partial charge in [0, 0.05) is 36.8 Å². The maximum absolute atomic E-state index is 12.5. The van der Waals surface area contributed by atoms with Gasteiger partial charge in [-0.1, -0.05) is 25.3 Å². The summed E-state index contributed by atoms with van der Waals surface area (Å²) < 4.78 is 0. The van der Waals surface area contributed by atoms with Crippen molar-refractivity contribution in [2.45, 2.75) is 57.0 Å². The smallest absolute Gasteiger partial charge is 0.319 e. The summed E-state index contributed by atoms with van der Waals surface area (Å²) in [7, 11) is 0. The normalized spacial score (nSPS) is 23.0. The van der Waals surface area contributed by atoms with E-state index in [0.29, 0.717) is 43.2 Å². The number of fused-ring (bicyclic) bond motifs is 1. The van der Waals surface area contributed by atoms with Gasteiger partial charge in [0.05, 0.1) is 6.04 Å². The molecule has 27 heavy (non-hydrogen) atoms. The number of hydrogen-bond donors (Lipinski definition) is 3. The summed E-state index contributed by atoms with van der Waals surface area (Å²) in [6.07, 6.45) is 6.81. The number of nitrogens with zero attached hydrogens (tertiary/aromatic N) is 1. The van der Waals surface area contributed by atoms with E-state index in [2.05, 4.69) is 16.0 Å². The molecule has 0 spiro atoms. The first-order chi connectivity index (χ1) is 13.1. The standard InChI is InChI=1S/C20H26N4O3/c25-18-11-13(12-24(18)14-5-2-1-3-6-14)22-20(27)23-17-8-4-7-16-15(17)9-10-21-19(16)26/h4,7-8,13-14H,1-3,5-6,9-12H2,(H,21,26)(H2,22,23,27). The third kappa shape index (κ3) is 3.77. The van der Waals surface area contributed by atoms with Gasteiger partial charge in [-0.3, -0.25) is 9.59 Å². The van der Waals surface area contributed by atoms with Crippen molar-refractivity contribution < 1.29 is 14.4 Å². The van der Waals surface area contributed by atoms with Gasteiger partial charge in [0.2, 0.25) is 5.91 Å². The fraction of sp³-hybridized carbons (Fsp3) is 0.550. The summed E-state index contributed by atoms with van der Waals surface area (Å²) in [5, 5.41) is 8.61. The first kappa shape index (κ1) is 17.8. The monoisotopic (exact) mass is 370 g/mol. The number of likely N-dealkylation sites (tertiary alicyclic amines) is 1. The maximum Gasteiger partial charge on any atom is 0.319 e. The Labute approximate surface area is 158 Å². The third-order valence-corrected chi connectivity index (χ3v) is 5.84. The van der Waals surface area contributed by atoms with Crippen LogP contribution in [0.15, 0.2) is 18.2 Å². The first-order valence-corrected chi connectivity index (χ1v) is 9.89. The van der Waals surface area contributed by atoms with E-state index in [1.165, 1.54) is 19.3 Å². The molecule has 2 fully saturated rings. The SMILES string of the molecule is O=C(Nc1cccc2c1CCNC2=O)NC1CC(=O)N(C2CCCCC2)C1. The molecular formula is C20H26N4O3. The van der Waals surface area contributed by atoms with Crippen molar-refractivity contribution in [3.8, 4) is 0 Å². The molecule has 1 saturated heterocycles. The molecule has 144 valence electrons. The van der Waals surface area contributed by atoms with Crippen LogP contribution in [-0.2, 0) is 11.2 Å². The lowest BCUT2D eigenvalue weighted by atomic mass is 9.94. The fourth-order valence-corrected chi connectivity index (χ4v) is 4.50. The number of carbonyl (C=O) groups excluding carboxylic acids is 3. The van der Waals surface area contributed by atoms with Crippen molar-refractivity contribution in [2.24, 2.45) is 0 Å². The Morgan fingerprint density at radius 3 is 2.78 bits per heavy atom. The maximum atomic E-state index is 12.5. The molecule has 0 radical (unpaired) electrons. The number of carbonyl (C=O) groups is 3. The average Bonchev–Trinajstić information content (AvgIpc) is 3.03. The van der Waals surface area contributed by atoms with Crippen molar-refractivity contribution in [1.82, 2.24) is 15.5 Å². The Hall–Kier alpha value is -2.57. The van der Waals surface area contributed by atoms with E-state index < -0.39 is 0 Å². The lowest BCUT2D eigenvalue weighted by Crippen LogP contribution is -2.42. The number of anilines is 1. The highest BCUT2D eigenvalue weighted by Gasteiger charge is 2.35. The van der Waals surface area contributed by atoms with Gasteiger partial charge in [-0.15, -0.1) is 0 Å². The lowest BCUT2D eigenvalue weighted by molar-refractivity contribution is -0.130. The number of benzene rings is 1. The largest absolute Gasteiger partial charge is 0.352 e. The van der Waals surface area contributed by atoms with Crippen LogP contribution in [0.25, 0.3) is 0 Å². The lowest BCUT2D eigenvalue weighted by Gasteiger charge is -2.31. The minimum absolute atomic E-state index is 0.107. The fourth-order valence-electron chi connectivity index (χ4n) is 4.50. The van der Waals surface area contributed by atoms with Gasteiger partial charge >= 0.3 is 6.03 Å². The topological polar surface area (TPSA) is 90.5 Å². The summed E-state index contributed by atoms with van der Waals surface area (Å²) in [6.45, 7) is 1.16. The molecular weight excluding hydrogens is 344 g/mol. The molecule has 7 heteroatoms. The molecule has 1 aromatic carbocycles. The molecule has 1 saturated carbocycles. The van der Waals surface area contributed by atoms with Gasteiger partial charge in [0.1, 0.15) is 0 Å². The Balaban J connectivity index is 1.37. The second kappa shape index (κ2) is 7.58. The number of hydrogen-bond acceptors (Lipinski definition) is 3. The highest BCUT2D eigenvalue weighted by atomic mass is 16.2. The zero-order valence-electron chi connectivity index (χ0n) is 15.4. The highest BCUT2D eigenvalue weighted by molar-refractivity contribution is 6.00. The van der Waals surface area contributed by atoms with Crippen LogP contribution >= 0.6 is 0 Å². The van der Waals surface area contributed by atoms with Crippen molar-refractivity contribution in [3.63, 3.8) is 0 Å². The number of rotatable bonds is 3. The van der Waals surface area contributed by atoms with Crippen LogP contribution in [-0.4, -0.2) is 47.9 Å². The molecule has 0 aromatic heterocycles. The van der Waals surface area contributed by atoms with Gasteiger partial charge in [-0.05, 0) is 37.0 Å². The summed E-state index contributed by atoms with van der Waals surface area (Å²) in [5.74, 6) is 0.0331. The zero-order valence-corrected chi connectivity index (χ0v) is 15.4. The van der Waals surface area contributed by atoms with E-state index in [1.54, 1.807) is 12.1 Å². The van der Waals surface area contributed by atoms with Crippen LogP contribution in [0.2, 0.25) is 0 Å². The zero-order chi connectivity index (χ0) is 18.8. The van der Waals surface area contributed by atoms with Crippen LogP contribution in [0.3, 0.4) is 0 Å². The Bertz CT molecular complexity index is 758. The summed E-state index contributed by atoms with van der Waals surface area (Å²) in [4.78, 5) is 38.7. The molecule has 3 N–H and O–H groups in total. The van der Waals surface area contributed by atoms with Gasteiger partial charge in [-0.25, -0.2) is 4.79 Å². The van der Waals surface area contributed by atoms with Gasteiger partial charge in [0.15, 0.2) is 0 Å². The van der Waals surface area contributed by atoms with E-state index in [1.807, 2.05) is 11.0 Å². The van der Waals surface area contributed by atoms with E-state index >= 15 is 0 Å². The van der Waals surface area contributed by atoms with Crippen molar-refractivity contribution in [1.29, 1.82) is 0 Å². The van der Waals surface area contributed by atoms with Gasteiger partial charge in [-0.2, -0.15) is 0 Å². The van der Waals surface area contributed by atoms with Crippen LogP contribution in [0.4, 0.5) is 10.5 Å². The van der Waals surface area contributed by atoms with Crippen LogP contribution in [0, 0.1) is 0 Å². The summed E-state index contributed by atoms with van der Waals surface area (Å²) in [5.41, 5.74) is 2.13. The summed E-state index contributed by atoms with van der Waals surface area (Å²) >= 11 is 0. The molecule has 0 bridgehead atoms. The van der Waals surface area contributed by atoms with Crippen LogP contribution in [0.5, 0.6) is 0 Å². The van der Waals surface area contributed by atoms with E-state index in [0.717, 1.165) is 18.4 Å². The Morgan fingerprint density at radius 1 is 1.15 bits per heavy atom. The second-order valence-electron chi connectivity index (χ2n) is 7.68. The molecule has 4 amide bonds. The van der Waals surface area contributed by atoms with E-state index in [4.69, 9.17) is 0 Å². The first-order valence-electron chi connectivity index (χ1n) is 9.89. The van der Waals surface area contributed by atoms with Crippen LogP contribution < -0.4 is 16.0 Å². The Morgan fingerprint density at radius 2 is 1.96 bits per heavy atom. The molecule has 1 unspecified atom stereocenters. The molecule has 7 nitrogen and oxygen atoms in total. The quantitative estimate of drug-likeness (QED) is 0.760. The third-order valence-electron chi connectivity index (χ3n) is 5.84. The Kier molecular flexibility index (Phi) is 5.01. The predicted octanol–water partition coefficient (Wildman–Crippen LogP) is 2.03. The second-order valence-corrected chi connectivity index (χ2v) is 7.68. The minimum atomic E-state index is -0.322. The number of nitrogens with one attached hydrogen (secondary N) is 3. The minimum Gasteiger partial charge on any atom is -0.352 e. The summed E-state index contributed by atoms with van der Waals surface area (Å²) in [6, 6.07) is 5.19. The van der Waals surface area contributed by atoms with E-state index in [9.17, 15) is 14.4 Å². The molecule has 1 aromatic rings. The predicted molar refractivity (Wildman–Crippen MR) is 102 cm³/mol. The van der Waals surface area contributed by atoms with Gasteiger partial charge < -0.3 is 20.9 Å². The van der Waals surface area contributed by atoms with Crippen molar-refractivity contribution >= 4 is 23.5 Å². The van der Waals surface area contributed by atoms with Crippen molar-refractivity contribution in [3.05, 3.63) is 29.3 Å². The average molecular weight is 370 g/mol. The molecule has 2 heterocycles. The van der Waals surface area contributed by atoms with Crippen molar-refractivity contribution in [2.75, 3.05) is 18.4 Å². The number of urea groups is 1. The van der Waals surface area contributed by atoms with Gasteiger partial charge in [0.25, 0.3) is 5.91 Å². The van der Waals surface area contributed by atoms with Crippen LogP contribution in [0.1, 0.15) is 54.4 Å². The highest BCUT2D eigenvalue weighted by Crippen LogP contribution is 2.27.